The number of hydrogen-bond acceptors (Lipinski definition) is 2. The molecular weight excluding hydrogens is 370 g/mol. The molecule has 3 heteroatoms. The molecule has 0 saturated heterocycles. The number of fused-ring (bicyclic) bond motifs is 3. The van der Waals surface area contributed by atoms with E-state index in [1.807, 2.05) is 42.5 Å². The first-order valence-corrected chi connectivity index (χ1v) is 10.5. The predicted molar refractivity (Wildman–Crippen MR) is 117 cm³/mol. The van der Waals surface area contributed by atoms with Gasteiger partial charge in [-0.15, -0.1) is 0 Å². The Labute approximate surface area is 176 Å². The molecule has 1 heterocycles. The molecule has 3 aromatic carbocycles. The molecule has 3 nitrogen and oxygen atoms in total. The Bertz CT molecular complexity index is 1170. The Hall–Kier alpha value is -3.33. The van der Waals surface area contributed by atoms with Crippen LogP contribution in [0.25, 0.3) is 0 Å². The summed E-state index contributed by atoms with van der Waals surface area (Å²) >= 11 is 0. The molecule has 6 rings (SSSR count). The van der Waals surface area contributed by atoms with E-state index in [1.165, 1.54) is 16.7 Å². The Morgan fingerprint density at radius 1 is 0.967 bits per heavy atom. The highest BCUT2D eigenvalue weighted by molar-refractivity contribution is 5.95. The van der Waals surface area contributed by atoms with Gasteiger partial charge in [0.1, 0.15) is 5.75 Å². The maximum absolute atomic E-state index is 13.5. The van der Waals surface area contributed by atoms with E-state index in [4.69, 9.17) is 4.74 Å². The van der Waals surface area contributed by atoms with Crippen molar-refractivity contribution in [1.29, 1.82) is 0 Å². The number of carbonyl (C=O) groups is 1. The van der Waals surface area contributed by atoms with Gasteiger partial charge in [0.15, 0.2) is 0 Å². The minimum Gasteiger partial charge on any atom is -0.497 e. The molecule has 2 aliphatic carbocycles. The Morgan fingerprint density at radius 3 is 2.47 bits per heavy atom. The molecule has 0 bridgehead atoms. The summed E-state index contributed by atoms with van der Waals surface area (Å²) in [6, 6.07) is 26.9. The zero-order valence-corrected chi connectivity index (χ0v) is 16.9. The highest BCUT2D eigenvalue weighted by Gasteiger charge is 2.77. The molecule has 148 valence electrons. The van der Waals surface area contributed by atoms with Gasteiger partial charge in [-0.25, -0.2) is 0 Å². The topological polar surface area (TPSA) is 29.5 Å². The van der Waals surface area contributed by atoms with E-state index in [9.17, 15) is 4.79 Å². The highest BCUT2D eigenvalue weighted by atomic mass is 16.5. The van der Waals surface area contributed by atoms with E-state index in [0.29, 0.717) is 6.54 Å². The second-order valence-electron chi connectivity index (χ2n) is 8.57. The lowest BCUT2D eigenvalue weighted by Gasteiger charge is -2.38. The van der Waals surface area contributed by atoms with Crippen LogP contribution in [0.3, 0.4) is 0 Å². The van der Waals surface area contributed by atoms with Gasteiger partial charge in [-0.2, -0.15) is 0 Å². The van der Waals surface area contributed by atoms with Crippen molar-refractivity contribution >= 4 is 5.91 Å². The first kappa shape index (κ1) is 17.5. The van der Waals surface area contributed by atoms with Gasteiger partial charge in [0.2, 0.25) is 0 Å². The number of methoxy groups -OCH3 is 1. The maximum Gasteiger partial charge on any atom is 0.254 e. The van der Waals surface area contributed by atoms with E-state index < -0.39 is 0 Å². The number of carbonyl (C=O) groups excluding carboxylic acids is 1. The molecule has 3 aromatic rings. The van der Waals surface area contributed by atoms with Crippen LogP contribution in [0.4, 0.5) is 0 Å². The number of rotatable bonds is 3. The van der Waals surface area contributed by atoms with Crippen LogP contribution in [-0.4, -0.2) is 24.5 Å². The summed E-state index contributed by atoms with van der Waals surface area (Å²) in [4.78, 5) is 15.6. The third kappa shape index (κ3) is 2.07. The van der Waals surface area contributed by atoms with Crippen molar-refractivity contribution in [1.82, 2.24) is 4.90 Å². The average molecular weight is 393 g/mol. The molecule has 0 radical (unpaired) electrons. The normalized spacial score (nSPS) is 27.8. The smallest absolute Gasteiger partial charge is 0.254 e. The van der Waals surface area contributed by atoms with Crippen LogP contribution >= 0.6 is 0 Å². The lowest BCUT2D eigenvalue weighted by molar-refractivity contribution is 0.0627. The van der Waals surface area contributed by atoms with Crippen molar-refractivity contribution in [3.05, 3.63) is 113 Å². The number of amides is 1. The third-order valence-corrected chi connectivity index (χ3v) is 7.32. The Morgan fingerprint density at radius 2 is 1.70 bits per heavy atom. The van der Waals surface area contributed by atoms with Crippen LogP contribution in [0.15, 0.2) is 91.0 Å². The van der Waals surface area contributed by atoms with Crippen LogP contribution in [0, 0.1) is 5.41 Å². The Balaban J connectivity index is 1.50. The molecule has 1 saturated carbocycles. The highest BCUT2D eigenvalue weighted by Crippen LogP contribution is 2.80. The molecule has 30 heavy (non-hydrogen) atoms. The molecule has 0 unspecified atom stereocenters. The molecule has 0 aromatic heterocycles. The molecular formula is C27H23NO2. The van der Waals surface area contributed by atoms with E-state index in [0.717, 1.165) is 17.7 Å². The van der Waals surface area contributed by atoms with Gasteiger partial charge in [-0.05, 0) is 47.4 Å². The molecule has 1 aliphatic heterocycles. The molecule has 3 aliphatic rings. The number of ether oxygens (including phenoxy) is 1. The molecule has 1 fully saturated rings. The molecule has 1 spiro atoms. The zero-order chi connectivity index (χ0) is 20.3. The minimum atomic E-state index is -0.0767. The van der Waals surface area contributed by atoms with Crippen molar-refractivity contribution in [3.63, 3.8) is 0 Å². The van der Waals surface area contributed by atoms with E-state index in [2.05, 4.69) is 53.5 Å². The lowest BCUT2D eigenvalue weighted by Crippen LogP contribution is -2.41. The summed E-state index contributed by atoms with van der Waals surface area (Å²) in [5, 5.41) is 0. The van der Waals surface area contributed by atoms with Gasteiger partial charge in [-0.1, -0.05) is 66.7 Å². The second kappa shape index (κ2) is 6.09. The Kier molecular flexibility index (Phi) is 3.55. The molecule has 1 amide bonds. The monoisotopic (exact) mass is 393 g/mol. The fraction of sp³-hybridized carbons (Fsp3) is 0.222. The fourth-order valence-corrected chi connectivity index (χ4v) is 6.04. The summed E-state index contributed by atoms with van der Waals surface area (Å²) in [7, 11) is 1.70. The first-order valence-electron chi connectivity index (χ1n) is 10.5. The average Bonchev–Trinajstić information content (AvgIpc) is 3.40. The summed E-state index contributed by atoms with van der Waals surface area (Å²) in [6.07, 6.45) is 5.61. The minimum absolute atomic E-state index is 0.0634. The lowest BCUT2D eigenvalue weighted by atomic mass is 9.83. The van der Waals surface area contributed by atoms with E-state index >= 15 is 0 Å². The second-order valence-corrected chi connectivity index (χ2v) is 8.57. The summed E-state index contributed by atoms with van der Waals surface area (Å²) < 4.78 is 5.38. The summed E-state index contributed by atoms with van der Waals surface area (Å²) in [6.45, 7) is 0.646. The van der Waals surface area contributed by atoms with Crippen LogP contribution < -0.4 is 4.74 Å². The number of benzene rings is 3. The zero-order valence-electron chi connectivity index (χ0n) is 16.9. The predicted octanol–water partition coefficient (Wildman–Crippen LogP) is 5.14. The number of hydrogen-bond donors (Lipinski definition) is 0. The van der Waals surface area contributed by atoms with Gasteiger partial charge in [0.25, 0.3) is 5.91 Å². The van der Waals surface area contributed by atoms with Crippen molar-refractivity contribution in [2.45, 2.75) is 17.9 Å². The van der Waals surface area contributed by atoms with Gasteiger partial charge in [-0.3, -0.25) is 4.79 Å². The largest absolute Gasteiger partial charge is 0.497 e. The van der Waals surface area contributed by atoms with Crippen molar-refractivity contribution in [3.8, 4) is 5.75 Å². The van der Waals surface area contributed by atoms with Gasteiger partial charge in [0, 0.05) is 22.9 Å². The SMILES string of the molecule is COc1ccc([C@]23C[C@]24C=CCN(C(=O)c2ccccc2)[C@@H]4c2ccccc23)cc1. The quantitative estimate of drug-likeness (QED) is 0.577. The van der Waals surface area contributed by atoms with Crippen molar-refractivity contribution < 1.29 is 9.53 Å². The van der Waals surface area contributed by atoms with Gasteiger partial charge >= 0.3 is 0 Å². The fourth-order valence-electron chi connectivity index (χ4n) is 6.04. The van der Waals surface area contributed by atoms with Gasteiger partial charge in [0.05, 0.1) is 13.2 Å². The van der Waals surface area contributed by atoms with Crippen LogP contribution in [0.1, 0.15) is 39.5 Å². The molecule has 0 N–H and O–H groups in total. The van der Waals surface area contributed by atoms with E-state index in [-0.39, 0.29) is 22.8 Å². The maximum atomic E-state index is 13.5. The van der Waals surface area contributed by atoms with Crippen LogP contribution in [0.5, 0.6) is 5.75 Å². The van der Waals surface area contributed by atoms with Crippen molar-refractivity contribution in [2.24, 2.45) is 5.41 Å². The summed E-state index contributed by atoms with van der Waals surface area (Å²) in [5.74, 6) is 0.976. The number of nitrogens with zero attached hydrogens (tertiary/aromatic N) is 1. The van der Waals surface area contributed by atoms with Crippen LogP contribution in [0.2, 0.25) is 0 Å². The first-order chi connectivity index (χ1) is 14.7. The summed E-state index contributed by atoms with van der Waals surface area (Å²) in [5.41, 5.74) is 4.55. The molecule has 3 atom stereocenters. The van der Waals surface area contributed by atoms with E-state index in [1.54, 1.807) is 7.11 Å². The van der Waals surface area contributed by atoms with Crippen molar-refractivity contribution in [2.75, 3.05) is 13.7 Å². The van der Waals surface area contributed by atoms with Gasteiger partial charge < -0.3 is 9.64 Å². The third-order valence-electron chi connectivity index (χ3n) is 7.32. The standard InChI is InChI=1S/C27H23NO2/c1-30-21-14-12-20(13-15-21)27-18-26(27)16-7-17-28(25(29)19-8-3-2-4-9-19)24(26)22-10-5-6-11-23(22)27/h2-16,24H,17-18H2,1H3/t24-,26+,27+/m1/s1. The van der Waals surface area contributed by atoms with Crippen LogP contribution in [-0.2, 0) is 5.41 Å².